The Balaban J connectivity index is 1.56. The van der Waals surface area contributed by atoms with E-state index < -0.39 is 47.9 Å². The van der Waals surface area contributed by atoms with E-state index in [-0.39, 0.29) is 49.2 Å². The normalized spacial score (nSPS) is 22.1. The molecule has 0 bridgehead atoms. The number of benzene rings is 1. The Morgan fingerprint density at radius 2 is 1.95 bits per heavy atom. The lowest BCUT2D eigenvalue weighted by Crippen LogP contribution is -2.52. The molecular weight excluding hydrogens is 498 g/mol. The average molecular weight is 528 g/mol. The number of nitrogens with zero attached hydrogens (tertiary/aromatic N) is 3. The molecule has 0 aliphatic carbocycles. The molecule has 13 heteroatoms. The van der Waals surface area contributed by atoms with E-state index in [4.69, 9.17) is 9.47 Å². The van der Waals surface area contributed by atoms with Gasteiger partial charge in [-0.1, -0.05) is 0 Å². The first-order valence-electron chi connectivity index (χ1n) is 11.8. The summed E-state index contributed by atoms with van der Waals surface area (Å²) in [4.78, 5) is 30.6. The van der Waals surface area contributed by atoms with Crippen LogP contribution in [-0.2, 0) is 22.6 Å². The number of fused-ring (bicyclic) bond motifs is 1. The number of alkyl halides is 2. The van der Waals surface area contributed by atoms with Crippen LogP contribution in [0.5, 0.6) is 0 Å². The lowest BCUT2D eigenvalue weighted by Gasteiger charge is -2.40. The quantitative estimate of drug-likeness (QED) is 0.577. The summed E-state index contributed by atoms with van der Waals surface area (Å²) in [6.07, 6.45) is -1.52. The van der Waals surface area contributed by atoms with Gasteiger partial charge in [0.1, 0.15) is 23.3 Å². The first kappa shape index (κ1) is 26.9. The van der Waals surface area contributed by atoms with Crippen molar-refractivity contribution in [2.75, 3.05) is 13.7 Å². The monoisotopic (exact) mass is 527 g/mol. The highest BCUT2D eigenvalue weighted by molar-refractivity contribution is 5.90. The van der Waals surface area contributed by atoms with E-state index in [1.54, 1.807) is 20.8 Å². The predicted octanol–water partition coefficient (Wildman–Crippen LogP) is 3.66. The molecule has 2 aliphatic heterocycles. The average Bonchev–Trinajstić information content (AvgIpc) is 3.37. The number of alkyl carbamates (subject to hydrolysis) is 1. The first-order valence-corrected chi connectivity index (χ1v) is 11.8. The van der Waals surface area contributed by atoms with Gasteiger partial charge in [0.15, 0.2) is 0 Å². The van der Waals surface area contributed by atoms with Gasteiger partial charge in [-0.2, -0.15) is 8.78 Å². The second kappa shape index (κ2) is 10.3. The van der Waals surface area contributed by atoms with Crippen LogP contribution >= 0.6 is 0 Å². The first-order chi connectivity index (χ1) is 17.4. The number of hydrogen-bond acceptors (Lipinski definition) is 6. The molecule has 9 nitrogen and oxygen atoms in total. The minimum atomic E-state index is -2.96. The molecule has 4 rings (SSSR count). The Hall–Kier alpha value is -3.19. The topological polar surface area (TPSA) is 97.7 Å². The zero-order valence-corrected chi connectivity index (χ0v) is 20.9. The molecule has 2 unspecified atom stereocenters. The van der Waals surface area contributed by atoms with E-state index in [9.17, 15) is 27.2 Å². The number of rotatable bonds is 5. The van der Waals surface area contributed by atoms with Crippen molar-refractivity contribution in [2.45, 2.75) is 70.6 Å². The molecule has 2 aliphatic rings. The number of carbonyl (C=O) groups is 2. The molecule has 0 spiro atoms. The number of aromatic nitrogens is 2. The third-order valence-electron chi connectivity index (χ3n) is 6.27. The molecule has 2 aromatic rings. The fourth-order valence-electron chi connectivity index (χ4n) is 4.69. The fourth-order valence-corrected chi connectivity index (χ4v) is 4.69. The molecular formula is C24H29F4N5O4. The van der Waals surface area contributed by atoms with Gasteiger partial charge in [-0.25, -0.2) is 18.6 Å². The van der Waals surface area contributed by atoms with E-state index in [0.717, 1.165) is 18.2 Å². The number of halogens is 4. The summed E-state index contributed by atoms with van der Waals surface area (Å²) in [5.41, 5.74) is -0.292. The third-order valence-corrected chi connectivity index (χ3v) is 6.27. The minimum Gasteiger partial charge on any atom is -0.444 e. The van der Waals surface area contributed by atoms with Gasteiger partial charge in [0.05, 0.1) is 24.0 Å². The van der Waals surface area contributed by atoms with Crippen molar-refractivity contribution in [1.82, 2.24) is 25.1 Å². The van der Waals surface area contributed by atoms with Crippen LogP contribution in [0.1, 0.15) is 67.4 Å². The lowest BCUT2D eigenvalue weighted by molar-refractivity contribution is -0.0634. The van der Waals surface area contributed by atoms with E-state index in [1.807, 2.05) is 4.90 Å². The van der Waals surface area contributed by atoms with Crippen LogP contribution in [0.25, 0.3) is 0 Å². The van der Waals surface area contributed by atoms with Crippen molar-refractivity contribution in [3.63, 3.8) is 0 Å². The maximum Gasteiger partial charge on any atom is 0.407 e. The molecule has 3 atom stereocenters. The Morgan fingerprint density at radius 3 is 2.59 bits per heavy atom. The maximum atomic E-state index is 14.6. The van der Waals surface area contributed by atoms with Crippen molar-refractivity contribution < 1.29 is 36.6 Å². The standard InChI is InChI=1S/C24H29F4N5O4/c1-24(2,3)37-23(35)31-16-8-13(11-36-19(16)14-7-12(25)5-6-15(14)26)32-9-17-18(10-32)33(22(27)28)20(30-17)21(34)29-4/h5-7,13,16,19,22H,8-11H2,1-4H3,(H,29,34)(H,31,35)/t13?,16?,19-/m1/s1. The van der Waals surface area contributed by atoms with Crippen molar-refractivity contribution in [2.24, 2.45) is 0 Å². The molecule has 1 saturated heterocycles. The smallest absolute Gasteiger partial charge is 0.407 e. The van der Waals surface area contributed by atoms with Gasteiger partial charge in [-0.3, -0.25) is 14.3 Å². The number of carbonyl (C=O) groups excluding carboxylic acids is 2. The van der Waals surface area contributed by atoms with Crippen molar-refractivity contribution in [3.05, 3.63) is 52.6 Å². The molecule has 1 fully saturated rings. The summed E-state index contributed by atoms with van der Waals surface area (Å²) in [5.74, 6) is -2.43. The van der Waals surface area contributed by atoms with E-state index >= 15 is 0 Å². The number of ether oxygens (including phenoxy) is 2. The van der Waals surface area contributed by atoms with Gasteiger partial charge >= 0.3 is 12.6 Å². The maximum absolute atomic E-state index is 14.6. The molecule has 3 heterocycles. The van der Waals surface area contributed by atoms with E-state index in [1.165, 1.54) is 7.05 Å². The van der Waals surface area contributed by atoms with Gasteiger partial charge in [-0.15, -0.1) is 0 Å². The Labute approximate surface area is 211 Å². The minimum absolute atomic E-state index is 0.0507. The molecule has 1 aromatic heterocycles. The van der Waals surface area contributed by atoms with Crippen LogP contribution in [0.3, 0.4) is 0 Å². The second-order valence-electron chi connectivity index (χ2n) is 10.0. The van der Waals surface area contributed by atoms with E-state index in [2.05, 4.69) is 15.6 Å². The molecule has 202 valence electrons. The molecule has 1 aromatic carbocycles. The van der Waals surface area contributed by atoms with Gasteiger partial charge in [0.2, 0.25) is 5.82 Å². The molecule has 2 amide bonds. The SMILES string of the molecule is CNC(=O)c1nc2c(n1C(F)F)CN(C1CO[C@H](c3cc(F)ccc3F)C(NC(=O)OC(C)(C)C)C1)C2. The van der Waals surface area contributed by atoms with Crippen molar-refractivity contribution in [3.8, 4) is 0 Å². The third kappa shape index (κ3) is 5.72. The Morgan fingerprint density at radius 1 is 1.22 bits per heavy atom. The fraction of sp³-hybridized carbons (Fsp3) is 0.542. The number of amides is 2. The summed E-state index contributed by atoms with van der Waals surface area (Å²) in [6, 6.07) is 1.81. The Kier molecular flexibility index (Phi) is 7.47. The van der Waals surface area contributed by atoms with Crippen LogP contribution in [-0.4, -0.2) is 57.8 Å². The summed E-state index contributed by atoms with van der Waals surface area (Å²) >= 11 is 0. The zero-order valence-electron chi connectivity index (χ0n) is 20.9. The molecule has 37 heavy (non-hydrogen) atoms. The Bertz CT molecular complexity index is 1180. The highest BCUT2D eigenvalue weighted by Gasteiger charge is 2.41. The number of hydrogen-bond donors (Lipinski definition) is 2. The summed E-state index contributed by atoms with van der Waals surface area (Å²) < 4.78 is 68.0. The molecule has 2 N–H and O–H groups in total. The van der Waals surface area contributed by atoms with Gasteiger partial charge in [-0.05, 0) is 45.4 Å². The van der Waals surface area contributed by atoms with Gasteiger partial charge < -0.3 is 20.1 Å². The van der Waals surface area contributed by atoms with Crippen molar-refractivity contribution in [1.29, 1.82) is 0 Å². The van der Waals surface area contributed by atoms with Crippen molar-refractivity contribution >= 4 is 12.0 Å². The highest BCUT2D eigenvalue weighted by Crippen LogP contribution is 2.36. The second-order valence-corrected chi connectivity index (χ2v) is 10.0. The summed E-state index contributed by atoms with van der Waals surface area (Å²) in [5, 5.41) is 5.01. The summed E-state index contributed by atoms with van der Waals surface area (Å²) in [7, 11) is 1.33. The van der Waals surface area contributed by atoms with E-state index in [0.29, 0.717) is 10.3 Å². The van der Waals surface area contributed by atoms with Crippen LogP contribution in [0.15, 0.2) is 18.2 Å². The molecule has 0 saturated carbocycles. The van der Waals surface area contributed by atoms with Crippen LogP contribution in [0, 0.1) is 11.6 Å². The number of nitrogens with one attached hydrogen (secondary N) is 2. The lowest BCUT2D eigenvalue weighted by atomic mass is 9.92. The molecule has 0 radical (unpaired) electrons. The van der Waals surface area contributed by atoms with Crippen LogP contribution in [0.4, 0.5) is 22.4 Å². The highest BCUT2D eigenvalue weighted by atomic mass is 19.3. The van der Waals surface area contributed by atoms with Gasteiger partial charge in [0.25, 0.3) is 5.91 Å². The zero-order chi connectivity index (χ0) is 27.1. The predicted molar refractivity (Wildman–Crippen MR) is 123 cm³/mol. The summed E-state index contributed by atoms with van der Waals surface area (Å²) in [6.45, 7) is 2.41. The van der Waals surface area contributed by atoms with Crippen LogP contribution < -0.4 is 10.6 Å². The van der Waals surface area contributed by atoms with Crippen LogP contribution in [0.2, 0.25) is 0 Å². The largest absolute Gasteiger partial charge is 0.444 e. The number of imidazole rings is 1. The van der Waals surface area contributed by atoms with Gasteiger partial charge in [0, 0.05) is 31.7 Å².